The summed E-state index contributed by atoms with van der Waals surface area (Å²) >= 11 is 0. The van der Waals surface area contributed by atoms with Crippen LogP contribution in [0.2, 0.25) is 0 Å². The Bertz CT molecular complexity index is 646. The van der Waals surface area contributed by atoms with Crippen molar-refractivity contribution in [1.29, 1.82) is 0 Å². The summed E-state index contributed by atoms with van der Waals surface area (Å²) in [5, 5.41) is 0. The van der Waals surface area contributed by atoms with E-state index >= 15 is 0 Å². The van der Waals surface area contributed by atoms with E-state index in [-0.39, 0.29) is 11.2 Å². The van der Waals surface area contributed by atoms with Gasteiger partial charge in [-0.3, -0.25) is 9.69 Å². The first-order chi connectivity index (χ1) is 11.6. The fourth-order valence-electron chi connectivity index (χ4n) is 4.32. The normalized spacial score (nSPS) is 28.1. The third-order valence-electron chi connectivity index (χ3n) is 5.83. The van der Waals surface area contributed by atoms with Crippen LogP contribution in [0.3, 0.4) is 0 Å². The third kappa shape index (κ3) is 3.06. The molecule has 130 valence electrons. The van der Waals surface area contributed by atoms with Gasteiger partial charge in [-0.2, -0.15) is 0 Å². The van der Waals surface area contributed by atoms with Crippen LogP contribution in [-0.2, 0) is 11.3 Å². The average Bonchev–Trinajstić information content (AvgIpc) is 3.29. The Morgan fingerprint density at radius 3 is 2.79 bits per heavy atom. The van der Waals surface area contributed by atoms with Crippen LogP contribution in [0.1, 0.15) is 37.7 Å². The van der Waals surface area contributed by atoms with Gasteiger partial charge in [0.25, 0.3) is 0 Å². The lowest BCUT2D eigenvalue weighted by molar-refractivity contribution is -0.145. The van der Waals surface area contributed by atoms with Gasteiger partial charge in [-0.15, -0.1) is 0 Å². The second-order valence-electron chi connectivity index (χ2n) is 7.77. The van der Waals surface area contributed by atoms with E-state index in [0.29, 0.717) is 30.5 Å². The molecule has 4 rings (SSSR count). The summed E-state index contributed by atoms with van der Waals surface area (Å²) in [5.41, 5.74) is 0.0851. The first-order valence-corrected chi connectivity index (χ1v) is 9.01. The molecule has 1 amide bonds. The lowest BCUT2D eigenvalue weighted by Crippen LogP contribution is -2.50. The number of halogens is 2. The zero-order valence-corrected chi connectivity index (χ0v) is 13.9. The van der Waals surface area contributed by atoms with E-state index in [1.54, 1.807) is 0 Å². The topological polar surface area (TPSA) is 23.6 Å². The van der Waals surface area contributed by atoms with Gasteiger partial charge >= 0.3 is 0 Å². The number of carbonyl (C=O) groups is 1. The van der Waals surface area contributed by atoms with Crippen LogP contribution in [0.15, 0.2) is 18.2 Å². The van der Waals surface area contributed by atoms with Crippen LogP contribution >= 0.6 is 0 Å². The number of piperidine rings is 1. The zero-order chi connectivity index (χ0) is 16.7. The SMILES string of the molecule is O=C1N(CC2CC2)CCC[C@]12CCN(Cc1cc(F)ccc1F)C2. The molecule has 0 aromatic heterocycles. The Labute approximate surface area is 141 Å². The van der Waals surface area contributed by atoms with Crippen LogP contribution in [0.4, 0.5) is 8.78 Å². The summed E-state index contributed by atoms with van der Waals surface area (Å²) < 4.78 is 27.2. The van der Waals surface area contributed by atoms with Crippen LogP contribution in [-0.4, -0.2) is 41.9 Å². The quantitative estimate of drug-likeness (QED) is 0.844. The van der Waals surface area contributed by atoms with Crippen molar-refractivity contribution in [2.45, 2.75) is 38.6 Å². The van der Waals surface area contributed by atoms with Crippen molar-refractivity contribution in [3.8, 4) is 0 Å². The van der Waals surface area contributed by atoms with E-state index in [1.165, 1.54) is 25.0 Å². The Balaban J connectivity index is 1.44. The number of rotatable bonds is 4. The van der Waals surface area contributed by atoms with E-state index in [1.807, 2.05) is 0 Å². The maximum absolute atomic E-state index is 13.9. The van der Waals surface area contributed by atoms with Crippen molar-refractivity contribution in [2.24, 2.45) is 11.3 Å². The van der Waals surface area contributed by atoms with Crippen LogP contribution in [0.25, 0.3) is 0 Å². The Kier molecular flexibility index (Phi) is 4.07. The molecule has 1 aliphatic carbocycles. The lowest BCUT2D eigenvalue weighted by atomic mass is 9.78. The van der Waals surface area contributed by atoms with Gasteiger partial charge in [-0.25, -0.2) is 8.78 Å². The highest BCUT2D eigenvalue weighted by Gasteiger charge is 2.48. The summed E-state index contributed by atoms with van der Waals surface area (Å²) in [7, 11) is 0. The number of hydrogen-bond donors (Lipinski definition) is 0. The molecule has 1 atom stereocenters. The van der Waals surface area contributed by atoms with Crippen molar-refractivity contribution in [2.75, 3.05) is 26.2 Å². The highest BCUT2D eigenvalue weighted by molar-refractivity contribution is 5.84. The van der Waals surface area contributed by atoms with Crippen molar-refractivity contribution in [3.63, 3.8) is 0 Å². The Morgan fingerprint density at radius 1 is 1.17 bits per heavy atom. The molecule has 1 aromatic carbocycles. The van der Waals surface area contributed by atoms with Crippen LogP contribution in [0, 0.1) is 23.0 Å². The molecule has 24 heavy (non-hydrogen) atoms. The summed E-state index contributed by atoms with van der Waals surface area (Å²) in [5.74, 6) is 0.221. The average molecular weight is 334 g/mol. The Hall–Kier alpha value is -1.49. The predicted molar refractivity (Wildman–Crippen MR) is 87.2 cm³/mol. The molecular formula is C19H24F2N2O. The molecule has 0 N–H and O–H groups in total. The first kappa shape index (κ1) is 16.0. The molecule has 5 heteroatoms. The minimum atomic E-state index is -0.412. The van der Waals surface area contributed by atoms with E-state index in [0.717, 1.165) is 45.0 Å². The molecule has 3 fully saturated rings. The summed E-state index contributed by atoms with van der Waals surface area (Å²) in [6.45, 7) is 3.62. The van der Waals surface area contributed by atoms with E-state index in [4.69, 9.17) is 0 Å². The molecule has 3 aliphatic rings. The number of amides is 1. The molecule has 2 aliphatic heterocycles. The fraction of sp³-hybridized carbons (Fsp3) is 0.632. The molecule has 0 unspecified atom stereocenters. The standard InChI is InChI=1S/C19H24F2N2O/c20-16-4-5-17(21)15(10-16)12-22-9-7-19(13-22)6-1-8-23(18(19)24)11-14-2-3-14/h4-5,10,14H,1-3,6-9,11-13H2/t19-/m1/s1. The first-order valence-electron chi connectivity index (χ1n) is 9.01. The Morgan fingerprint density at radius 2 is 2.00 bits per heavy atom. The van der Waals surface area contributed by atoms with Gasteiger partial charge < -0.3 is 4.90 Å². The fourth-order valence-corrected chi connectivity index (χ4v) is 4.32. The molecule has 2 saturated heterocycles. The highest BCUT2D eigenvalue weighted by atomic mass is 19.1. The van der Waals surface area contributed by atoms with E-state index < -0.39 is 5.82 Å². The van der Waals surface area contributed by atoms with Crippen LogP contribution < -0.4 is 0 Å². The summed E-state index contributed by atoms with van der Waals surface area (Å²) in [4.78, 5) is 17.2. The number of likely N-dealkylation sites (tertiary alicyclic amines) is 2. The molecule has 0 radical (unpaired) electrons. The zero-order valence-electron chi connectivity index (χ0n) is 13.9. The van der Waals surface area contributed by atoms with Gasteiger partial charge in [-0.05, 0) is 62.8 Å². The van der Waals surface area contributed by atoms with Gasteiger partial charge in [0.15, 0.2) is 0 Å². The third-order valence-corrected chi connectivity index (χ3v) is 5.83. The summed E-state index contributed by atoms with van der Waals surface area (Å²) in [6.07, 6.45) is 5.32. The molecule has 3 nitrogen and oxygen atoms in total. The number of hydrogen-bond acceptors (Lipinski definition) is 2. The van der Waals surface area contributed by atoms with Gasteiger partial charge in [0.1, 0.15) is 11.6 Å². The smallest absolute Gasteiger partial charge is 0.230 e. The van der Waals surface area contributed by atoms with Crippen molar-refractivity contribution in [3.05, 3.63) is 35.4 Å². The summed E-state index contributed by atoms with van der Waals surface area (Å²) in [6, 6.07) is 3.59. The van der Waals surface area contributed by atoms with Gasteiger partial charge in [0, 0.05) is 31.7 Å². The monoisotopic (exact) mass is 334 g/mol. The minimum Gasteiger partial charge on any atom is -0.342 e. The molecule has 2 heterocycles. The highest BCUT2D eigenvalue weighted by Crippen LogP contribution is 2.42. The van der Waals surface area contributed by atoms with Gasteiger partial charge in [0.2, 0.25) is 5.91 Å². The largest absolute Gasteiger partial charge is 0.342 e. The minimum absolute atomic E-state index is 0.294. The van der Waals surface area contributed by atoms with Crippen LogP contribution in [0.5, 0.6) is 0 Å². The maximum Gasteiger partial charge on any atom is 0.230 e. The van der Waals surface area contributed by atoms with Gasteiger partial charge in [0.05, 0.1) is 5.41 Å². The van der Waals surface area contributed by atoms with E-state index in [9.17, 15) is 13.6 Å². The molecular weight excluding hydrogens is 310 g/mol. The van der Waals surface area contributed by atoms with Gasteiger partial charge in [-0.1, -0.05) is 0 Å². The molecule has 1 aromatic rings. The van der Waals surface area contributed by atoms with Crippen molar-refractivity contribution in [1.82, 2.24) is 9.80 Å². The number of benzene rings is 1. The second kappa shape index (κ2) is 6.10. The predicted octanol–water partition coefficient (Wildman–Crippen LogP) is 3.19. The van der Waals surface area contributed by atoms with Crippen molar-refractivity contribution < 1.29 is 13.6 Å². The second-order valence-corrected chi connectivity index (χ2v) is 7.77. The number of nitrogens with zero attached hydrogens (tertiary/aromatic N) is 2. The molecule has 0 bridgehead atoms. The van der Waals surface area contributed by atoms with Crippen molar-refractivity contribution >= 4 is 5.91 Å². The molecule has 1 spiro atoms. The van der Waals surface area contributed by atoms with E-state index in [2.05, 4.69) is 9.80 Å². The number of carbonyl (C=O) groups excluding carboxylic acids is 1. The lowest BCUT2D eigenvalue weighted by Gasteiger charge is -2.39. The molecule has 1 saturated carbocycles. The maximum atomic E-state index is 13.9.